The number of nitrogens with zero attached hydrogens (tertiary/aromatic N) is 1. The Bertz CT molecular complexity index is 628. The van der Waals surface area contributed by atoms with Crippen molar-refractivity contribution in [3.63, 3.8) is 0 Å². The Hall–Kier alpha value is -1.55. The molecule has 21 heavy (non-hydrogen) atoms. The maximum atomic E-state index is 12.5. The van der Waals surface area contributed by atoms with Gasteiger partial charge < -0.3 is 9.88 Å². The van der Waals surface area contributed by atoms with Gasteiger partial charge in [-0.25, -0.2) is 0 Å². The van der Waals surface area contributed by atoms with Gasteiger partial charge in [-0.05, 0) is 56.0 Å². The number of carbonyl (C=O) groups is 1. The van der Waals surface area contributed by atoms with Crippen molar-refractivity contribution in [3.8, 4) is 0 Å². The van der Waals surface area contributed by atoms with Gasteiger partial charge in [0.2, 0.25) is 0 Å². The number of rotatable bonds is 4. The molecule has 1 heterocycles. The Morgan fingerprint density at radius 1 is 1.29 bits per heavy atom. The van der Waals surface area contributed by atoms with Crippen LogP contribution in [-0.4, -0.2) is 10.5 Å². The van der Waals surface area contributed by atoms with E-state index >= 15 is 0 Å². The van der Waals surface area contributed by atoms with E-state index in [1.807, 2.05) is 49.5 Å². The van der Waals surface area contributed by atoms with Crippen LogP contribution in [0.1, 0.15) is 54.3 Å². The van der Waals surface area contributed by atoms with Crippen molar-refractivity contribution in [1.29, 1.82) is 0 Å². The summed E-state index contributed by atoms with van der Waals surface area (Å²) < 4.78 is 3.16. The molecule has 0 bridgehead atoms. The Labute approximate surface area is 133 Å². The van der Waals surface area contributed by atoms with Crippen molar-refractivity contribution in [3.05, 3.63) is 58.3 Å². The molecule has 3 rings (SSSR count). The van der Waals surface area contributed by atoms with E-state index in [0.717, 1.165) is 15.7 Å². The fourth-order valence-corrected chi connectivity index (χ4v) is 2.94. The van der Waals surface area contributed by atoms with Crippen LogP contribution in [0.5, 0.6) is 0 Å². The van der Waals surface area contributed by atoms with Crippen molar-refractivity contribution in [2.75, 3.05) is 0 Å². The highest BCUT2D eigenvalue weighted by molar-refractivity contribution is 9.10. The molecular formula is C17H19BrN2O. The zero-order valence-corrected chi connectivity index (χ0v) is 13.6. The molecule has 1 aromatic heterocycles. The molecule has 110 valence electrons. The highest BCUT2D eigenvalue weighted by Gasteiger charge is 2.23. The average Bonchev–Trinajstić information content (AvgIpc) is 2.86. The van der Waals surface area contributed by atoms with Gasteiger partial charge in [0.25, 0.3) is 5.91 Å². The third-order valence-electron chi connectivity index (χ3n) is 4.20. The number of benzene rings is 1. The first-order chi connectivity index (χ1) is 10.1. The summed E-state index contributed by atoms with van der Waals surface area (Å²) in [4.78, 5) is 12.5. The number of hydrogen-bond donors (Lipinski definition) is 1. The molecule has 0 saturated heterocycles. The highest BCUT2D eigenvalue weighted by atomic mass is 79.9. The summed E-state index contributed by atoms with van der Waals surface area (Å²) >= 11 is 3.43. The summed E-state index contributed by atoms with van der Waals surface area (Å²) in [6.45, 7) is 2.01. The van der Waals surface area contributed by atoms with E-state index < -0.39 is 0 Å². The number of carbonyl (C=O) groups excluding carboxylic acids is 1. The van der Waals surface area contributed by atoms with E-state index in [4.69, 9.17) is 0 Å². The molecular weight excluding hydrogens is 328 g/mol. The van der Waals surface area contributed by atoms with Crippen molar-refractivity contribution < 1.29 is 4.79 Å². The van der Waals surface area contributed by atoms with Gasteiger partial charge in [-0.2, -0.15) is 0 Å². The minimum atomic E-state index is -0.00431. The lowest BCUT2D eigenvalue weighted by atomic mass is 9.93. The third kappa shape index (κ3) is 3.05. The quantitative estimate of drug-likeness (QED) is 0.870. The maximum absolute atomic E-state index is 12.5. The molecule has 3 nitrogen and oxygen atoms in total. The van der Waals surface area contributed by atoms with Gasteiger partial charge in [-0.15, -0.1) is 0 Å². The summed E-state index contributed by atoms with van der Waals surface area (Å²) in [6, 6.07) is 12.4. The van der Waals surface area contributed by atoms with Crippen molar-refractivity contribution in [2.24, 2.45) is 0 Å². The van der Waals surface area contributed by atoms with Gasteiger partial charge in [0.1, 0.15) is 5.69 Å². The second-order valence-electron chi connectivity index (χ2n) is 5.63. The second-order valence-corrected chi connectivity index (χ2v) is 6.55. The van der Waals surface area contributed by atoms with Crippen LogP contribution in [-0.2, 0) is 0 Å². The van der Waals surface area contributed by atoms with Crippen molar-refractivity contribution in [2.45, 2.75) is 38.3 Å². The Morgan fingerprint density at radius 2 is 2.00 bits per heavy atom. The topological polar surface area (TPSA) is 34.0 Å². The van der Waals surface area contributed by atoms with E-state index in [1.54, 1.807) is 0 Å². The first-order valence-electron chi connectivity index (χ1n) is 7.38. The molecule has 0 spiro atoms. The standard InChI is InChI=1S/C17H19BrN2O/c1-12(13-7-9-14(18)10-8-13)19-17(21)16-6-3-11-20(16)15-4-2-5-15/h3,6-12,15H,2,4-5H2,1H3,(H,19,21). The predicted octanol–water partition coefficient (Wildman–Crippen LogP) is 4.47. The van der Waals surface area contributed by atoms with E-state index in [1.165, 1.54) is 19.3 Å². The molecule has 1 atom stereocenters. The molecule has 1 saturated carbocycles. The number of hydrogen-bond acceptors (Lipinski definition) is 1. The summed E-state index contributed by atoms with van der Waals surface area (Å²) in [5.74, 6) is 0.00215. The molecule has 1 amide bonds. The Kier molecular flexibility index (Phi) is 4.15. The summed E-state index contributed by atoms with van der Waals surface area (Å²) in [7, 11) is 0. The molecule has 1 aliphatic carbocycles. The Morgan fingerprint density at radius 3 is 2.62 bits per heavy atom. The van der Waals surface area contributed by atoms with E-state index in [-0.39, 0.29) is 11.9 Å². The van der Waals surface area contributed by atoms with Crippen LogP contribution in [0.15, 0.2) is 47.1 Å². The number of aromatic nitrogens is 1. The molecule has 2 aromatic rings. The van der Waals surface area contributed by atoms with Crippen LogP contribution in [0.2, 0.25) is 0 Å². The summed E-state index contributed by atoms with van der Waals surface area (Å²) in [6.07, 6.45) is 5.64. The van der Waals surface area contributed by atoms with Crippen LogP contribution in [0, 0.1) is 0 Å². The van der Waals surface area contributed by atoms with Crippen LogP contribution in [0.3, 0.4) is 0 Å². The monoisotopic (exact) mass is 346 g/mol. The first-order valence-corrected chi connectivity index (χ1v) is 8.17. The van der Waals surface area contributed by atoms with E-state index in [9.17, 15) is 4.79 Å². The third-order valence-corrected chi connectivity index (χ3v) is 4.73. The number of amides is 1. The van der Waals surface area contributed by atoms with Gasteiger partial charge >= 0.3 is 0 Å². The lowest BCUT2D eigenvalue weighted by molar-refractivity contribution is 0.0924. The average molecular weight is 347 g/mol. The fraction of sp³-hybridized carbons (Fsp3) is 0.353. The minimum Gasteiger partial charge on any atom is -0.344 e. The van der Waals surface area contributed by atoms with Gasteiger partial charge in [0.15, 0.2) is 0 Å². The molecule has 0 aliphatic heterocycles. The second kappa shape index (κ2) is 6.06. The molecule has 1 unspecified atom stereocenters. The van der Waals surface area contributed by atoms with Crippen LogP contribution in [0.4, 0.5) is 0 Å². The van der Waals surface area contributed by atoms with Gasteiger partial charge in [-0.3, -0.25) is 4.79 Å². The highest BCUT2D eigenvalue weighted by Crippen LogP contribution is 2.32. The zero-order chi connectivity index (χ0) is 14.8. The summed E-state index contributed by atoms with van der Waals surface area (Å²) in [5, 5.41) is 3.09. The smallest absolute Gasteiger partial charge is 0.268 e. The molecule has 1 aliphatic rings. The maximum Gasteiger partial charge on any atom is 0.268 e. The van der Waals surface area contributed by atoms with Gasteiger partial charge in [-0.1, -0.05) is 28.1 Å². The molecule has 1 aromatic carbocycles. The van der Waals surface area contributed by atoms with Crippen LogP contribution in [0.25, 0.3) is 0 Å². The predicted molar refractivity (Wildman–Crippen MR) is 87.3 cm³/mol. The van der Waals surface area contributed by atoms with Crippen molar-refractivity contribution >= 4 is 21.8 Å². The zero-order valence-electron chi connectivity index (χ0n) is 12.1. The fourth-order valence-electron chi connectivity index (χ4n) is 2.67. The normalized spacial score (nSPS) is 16.3. The van der Waals surface area contributed by atoms with Crippen LogP contribution >= 0.6 is 15.9 Å². The Balaban J connectivity index is 1.71. The van der Waals surface area contributed by atoms with E-state index in [0.29, 0.717) is 6.04 Å². The van der Waals surface area contributed by atoms with E-state index in [2.05, 4.69) is 25.8 Å². The number of nitrogens with one attached hydrogen (secondary N) is 1. The summed E-state index contributed by atoms with van der Waals surface area (Å²) in [5.41, 5.74) is 1.87. The molecule has 4 heteroatoms. The lowest BCUT2D eigenvalue weighted by Gasteiger charge is -2.29. The van der Waals surface area contributed by atoms with Gasteiger partial charge in [0, 0.05) is 16.7 Å². The molecule has 0 radical (unpaired) electrons. The van der Waals surface area contributed by atoms with Gasteiger partial charge in [0.05, 0.1) is 6.04 Å². The molecule has 1 N–H and O–H groups in total. The minimum absolute atomic E-state index is 0.00215. The van der Waals surface area contributed by atoms with Crippen LogP contribution < -0.4 is 5.32 Å². The van der Waals surface area contributed by atoms with Crippen molar-refractivity contribution in [1.82, 2.24) is 9.88 Å². The first kappa shape index (κ1) is 14.4. The largest absolute Gasteiger partial charge is 0.344 e. The molecule has 1 fully saturated rings. The SMILES string of the molecule is CC(NC(=O)c1cccn1C1CCC1)c1ccc(Br)cc1. The number of halogens is 1. The lowest BCUT2D eigenvalue weighted by Crippen LogP contribution is -2.30.